The van der Waals surface area contributed by atoms with E-state index in [1.54, 1.807) is 17.1 Å². The molecule has 3 rings (SSSR count). The Morgan fingerprint density at radius 2 is 2.05 bits per heavy atom. The fourth-order valence-electron chi connectivity index (χ4n) is 2.62. The van der Waals surface area contributed by atoms with Crippen LogP contribution >= 0.6 is 11.6 Å². The number of fused-ring (bicyclic) bond motifs is 1. The molecule has 0 bridgehead atoms. The molecule has 0 spiro atoms. The number of amidine groups is 1. The summed E-state index contributed by atoms with van der Waals surface area (Å²) in [4.78, 5) is 3.87. The topological polar surface area (TPSA) is 61.8 Å². The van der Waals surface area contributed by atoms with Crippen molar-refractivity contribution >= 4 is 26.6 Å². The minimum Gasteiger partial charge on any atom is -0.291 e. The summed E-state index contributed by atoms with van der Waals surface area (Å²) in [6.45, 7) is 0. The Hall–Kier alpha value is -1.25. The van der Waals surface area contributed by atoms with Crippen LogP contribution in [0.5, 0.6) is 0 Å². The minimum absolute atomic E-state index is 0.196. The molecule has 1 aromatic rings. The van der Waals surface area contributed by atoms with Crippen LogP contribution in [0.2, 0.25) is 5.02 Å². The lowest BCUT2D eigenvalue weighted by Crippen LogP contribution is -2.42. The van der Waals surface area contributed by atoms with Gasteiger partial charge in [-0.2, -0.15) is 13.8 Å². The highest BCUT2D eigenvalue weighted by Gasteiger charge is 2.44. The lowest BCUT2D eigenvalue weighted by molar-refractivity contribution is 0.183. The number of sulfone groups is 1. The quantitative estimate of drug-likeness (QED) is 0.901. The first kappa shape index (κ1) is 14.7. The van der Waals surface area contributed by atoms with E-state index in [0.29, 0.717) is 17.9 Å². The van der Waals surface area contributed by atoms with Crippen LogP contribution in [-0.2, 0) is 9.84 Å². The van der Waals surface area contributed by atoms with Gasteiger partial charge < -0.3 is 0 Å². The molecule has 0 saturated carbocycles. The molecular formula is C12H12ClF2N3O2S. The molecule has 114 valence electrons. The second-order valence-electron chi connectivity index (χ2n) is 4.85. The third-order valence-electron chi connectivity index (χ3n) is 3.61. The molecule has 1 N–H and O–H groups in total. The second-order valence-corrected chi connectivity index (χ2v) is 7.09. The van der Waals surface area contributed by atoms with Gasteiger partial charge >= 0.3 is 5.76 Å². The van der Waals surface area contributed by atoms with E-state index >= 15 is 0 Å². The number of hydrazine groups is 1. The van der Waals surface area contributed by atoms with Crippen molar-refractivity contribution in [3.63, 3.8) is 0 Å². The van der Waals surface area contributed by atoms with Crippen LogP contribution in [0.1, 0.15) is 24.4 Å². The van der Waals surface area contributed by atoms with Gasteiger partial charge in [0.1, 0.15) is 6.17 Å². The van der Waals surface area contributed by atoms with Gasteiger partial charge in [-0.05, 0) is 24.5 Å². The van der Waals surface area contributed by atoms with Gasteiger partial charge in [-0.25, -0.2) is 13.4 Å². The molecule has 9 heteroatoms. The molecule has 0 aliphatic carbocycles. The monoisotopic (exact) mass is 335 g/mol. The largest absolute Gasteiger partial charge is 0.344 e. The van der Waals surface area contributed by atoms with Crippen molar-refractivity contribution in [3.8, 4) is 0 Å². The molecule has 0 aromatic heterocycles. The summed E-state index contributed by atoms with van der Waals surface area (Å²) in [6.07, 6.45) is 0.827. The number of alkyl halides is 2. The van der Waals surface area contributed by atoms with E-state index < -0.39 is 26.9 Å². The summed E-state index contributed by atoms with van der Waals surface area (Å²) in [5.41, 5.74) is 3.33. The summed E-state index contributed by atoms with van der Waals surface area (Å²) in [5.74, 6) is -3.48. The fraction of sp³-hybridized carbons (Fsp3) is 0.417. The first-order valence-corrected chi connectivity index (χ1v) is 8.23. The van der Waals surface area contributed by atoms with Gasteiger partial charge in [0.15, 0.2) is 0 Å². The standard InChI is InChI=1S/C12H12ClF2N3O2S/c13-8-4-2-1-3-7(8)9-5-6-10-16-12(17-18(9)10)21(19,20)11(14)15/h1-4,9-11H,5-6H2,(H,16,17)/t9-,10?/m0/s1. The van der Waals surface area contributed by atoms with Gasteiger partial charge in [0.2, 0.25) is 5.17 Å². The molecule has 5 nitrogen and oxygen atoms in total. The zero-order chi connectivity index (χ0) is 15.2. The highest BCUT2D eigenvalue weighted by Crippen LogP contribution is 2.40. The van der Waals surface area contributed by atoms with Crippen LogP contribution in [0, 0.1) is 0 Å². The predicted octanol–water partition coefficient (Wildman–Crippen LogP) is 2.31. The highest BCUT2D eigenvalue weighted by molar-refractivity contribution is 8.06. The Kier molecular flexibility index (Phi) is 3.62. The Bertz CT molecular complexity index is 695. The molecule has 1 aromatic carbocycles. The molecule has 21 heavy (non-hydrogen) atoms. The van der Waals surface area contributed by atoms with E-state index in [1.807, 2.05) is 12.1 Å². The summed E-state index contributed by atoms with van der Waals surface area (Å²) < 4.78 is 48.1. The zero-order valence-electron chi connectivity index (χ0n) is 10.7. The van der Waals surface area contributed by atoms with Crippen molar-refractivity contribution < 1.29 is 17.2 Å². The lowest BCUT2D eigenvalue weighted by Gasteiger charge is -2.24. The number of hydrogen-bond donors (Lipinski definition) is 1. The minimum atomic E-state index is -4.70. The highest BCUT2D eigenvalue weighted by atomic mass is 35.5. The average Bonchev–Trinajstić information content (AvgIpc) is 2.99. The van der Waals surface area contributed by atoms with E-state index in [0.717, 1.165) is 5.56 Å². The van der Waals surface area contributed by atoms with Crippen LogP contribution in [0.25, 0.3) is 0 Å². The fourth-order valence-corrected chi connectivity index (χ4v) is 3.55. The van der Waals surface area contributed by atoms with Crippen molar-refractivity contribution in [2.75, 3.05) is 0 Å². The Morgan fingerprint density at radius 3 is 2.71 bits per heavy atom. The average molecular weight is 336 g/mol. The van der Waals surface area contributed by atoms with Gasteiger partial charge in [0.05, 0.1) is 6.04 Å². The summed E-state index contributed by atoms with van der Waals surface area (Å²) >= 11 is 6.14. The van der Waals surface area contributed by atoms with Gasteiger partial charge in [0, 0.05) is 5.02 Å². The van der Waals surface area contributed by atoms with Crippen molar-refractivity contribution in [1.29, 1.82) is 0 Å². The van der Waals surface area contributed by atoms with Crippen molar-refractivity contribution in [3.05, 3.63) is 34.9 Å². The predicted molar refractivity (Wildman–Crippen MR) is 74.5 cm³/mol. The van der Waals surface area contributed by atoms with Crippen LogP contribution in [0.15, 0.2) is 29.3 Å². The van der Waals surface area contributed by atoms with Crippen LogP contribution in [0.3, 0.4) is 0 Å². The van der Waals surface area contributed by atoms with Gasteiger partial charge in [0.25, 0.3) is 9.84 Å². The summed E-state index contributed by atoms with van der Waals surface area (Å²) in [6, 6.07) is 6.98. The molecule has 0 amide bonds. The Morgan fingerprint density at radius 1 is 1.33 bits per heavy atom. The molecule has 0 radical (unpaired) electrons. The Labute approximate surface area is 125 Å². The van der Waals surface area contributed by atoms with Gasteiger partial charge in [-0.15, -0.1) is 0 Å². The SMILES string of the molecule is O=S(=O)(C1=NC2CC[C@@H](c3ccccc3Cl)N2N1)C(F)F. The van der Waals surface area contributed by atoms with E-state index in [4.69, 9.17) is 11.6 Å². The van der Waals surface area contributed by atoms with Crippen molar-refractivity contribution in [1.82, 2.24) is 10.4 Å². The molecule has 2 heterocycles. The molecule has 1 fully saturated rings. The maximum atomic E-state index is 12.6. The molecule has 1 unspecified atom stereocenters. The molecule has 2 aliphatic heterocycles. The smallest absolute Gasteiger partial charge is 0.291 e. The summed E-state index contributed by atoms with van der Waals surface area (Å²) in [7, 11) is -4.70. The first-order chi connectivity index (χ1) is 9.91. The van der Waals surface area contributed by atoms with Gasteiger partial charge in [-0.3, -0.25) is 5.43 Å². The number of aliphatic imine (C=N–C) groups is 1. The lowest BCUT2D eigenvalue weighted by atomic mass is 10.1. The maximum Gasteiger partial charge on any atom is 0.344 e. The third kappa shape index (κ3) is 2.41. The normalized spacial score (nSPS) is 25.8. The van der Waals surface area contributed by atoms with Crippen LogP contribution in [0.4, 0.5) is 8.78 Å². The van der Waals surface area contributed by atoms with Gasteiger partial charge in [-0.1, -0.05) is 29.8 Å². The van der Waals surface area contributed by atoms with E-state index in [1.165, 1.54) is 0 Å². The number of nitrogens with one attached hydrogen (secondary N) is 1. The van der Waals surface area contributed by atoms with E-state index in [9.17, 15) is 17.2 Å². The number of nitrogens with zero attached hydrogens (tertiary/aromatic N) is 2. The first-order valence-electron chi connectivity index (χ1n) is 6.30. The Balaban J connectivity index is 1.87. The van der Waals surface area contributed by atoms with Crippen LogP contribution < -0.4 is 5.43 Å². The molecule has 1 saturated heterocycles. The van der Waals surface area contributed by atoms with E-state index in [2.05, 4.69) is 10.4 Å². The van der Waals surface area contributed by atoms with E-state index in [-0.39, 0.29) is 6.04 Å². The maximum absolute atomic E-state index is 12.6. The number of rotatable bonds is 2. The number of halogens is 3. The molecule has 2 aliphatic rings. The van der Waals surface area contributed by atoms with Crippen molar-refractivity contribution in [2.45, 2.75) is 30.8 Å². The number of benzene rings is 1. The third-order valence-corrected chi connectivity index (χ3v) is 5.16. The molecule has 2 atom stereocenters. The zero-order valence-corrected chi connectivity index (χ0v) is 12.3. The molecular weight excluding hydrogens is 324 g/mol. The number of hydrogen-bond acceptors (Lipinski definition) is 5. The second kappa shape index (κ2) is 5.19. The summed E-state index contributed by atoms with van der Waals surface area (Å²) in [5, 5.41) is 1.46. The van der Waals surface area contributed by atoms with Crippen LogP contribution in [-0.4, -0.2) is 30.5 Å². The van der Waals surface area contributed by atoms with Crippen molar-refractivity contribution in [2.24, 2.45) is 4.99 Å².